The van der Waals surface area contributed by atoms with Crippen LogP contribution in [0, 0.1) is 12.8 Å². The van der Waals surface area contributed by atoms with Gasteiger partial charge in [0.25, 0.3) is 0 Å². The van der Waals surface area contributed by atoms with Crippen LogP contribution in [0.5, 0.6) is 0 Å². The van der Waals surface area contributed by atoms with Gasteiger partial charge in [-0.05, 0) is 25.0 Å². The van der Waals surface area contributed by atoms with Gasteiger partial charge in [-0.25, -0.2) is 24.1 Å². The molecule has 0 fully saturated rings. The zero-order valence-corrected chi connectivity index (χ0v) is 15.8. The summed E-state index contributed by atoms with van der Waals surface area (Å²) >= 11 is 1.02. The summed E-state index contributed by atoms with van der Waals surface area (Å²) in [7, 11) is 0. The molecule has 3 heterocycles. The van der Waals surface area contributed by atoms with Gasteiger partial charge in [0, 0.05) is 6.20 Å². The topological polar surface area (TPSA) is 116 Å². The van der Waals surface area contributed by atoms with Crippen LogP contribution in [-0.2, 0) is 16.1 Å². The molecule has 9 nitrogen and oxygen atoms in total. The van der Waals surface area contributed by atoms with Gasteiger partial charge in [-0.2, -0.15) is 0 Å². The fraction of sp³-hybridized carbons (Fsp3) is 0.353. The number of ether oxygens (including phenoxy) is 1. The second-order valence-corrected chi connectivity index (χ2v) is 7.25. The molecular weight excluding hydrogens is 372 g/mol. The molecule has 0 aliphatic carbocycles. The third-order valence-corrected chi connectivity index (χ3v) is 4.55. The second-order valence-electron chi connectivity index (χ2n) is 6.25. The Morgan fingerprint density at radius 2 is 2.19 bits per heavy atom. The highest BCUT2D eigenvalue weighted by atomic mass is 32.1. The molecular formula is C17H18N4O5S. The van der Waals surface area contributed by atoms with Crippen LogP contribution < -0.4 is 11.1 Å². The fourth-order valence-electron chi connectivity index (χ4n) is 2.29. The number of hydrogen-bond acceptors (Lipinski definition) is 8. The highest BCUT2D eigenvalue weighted by Crippen LogP contribution is 2.23. The maximum Gasteiger partial charge on any atom is 0.421 e. The SMILES string of the molecule is Cc1nc(NC(=O)Cn2c(=O)oc3cccnc32)sc1C(=O)OCC(C)C. The molecule has 3 aromatic rings. The Hall–Kier alpha value is -3.01. The molecule has 1 N–H and O–H groups in total. The van der Waals surface area contributed by atoms with E-state index in [-0.39, 0.29) is 23.2 Å². The first-order valence-electron chi connectivity index (χ1n) is 8.24. The van der Waals surface area contributed by atoms with Gasteiger partial charge in [-0.1, -0.05) is 25.2 Å². The van der Waals surface area contributed by atoms with Gasteiger partial charge in [-0.15, -0.1) is 0 Å². The highest BCUT2D eigenvalue weighted by molar-refractivity contribution is 7.17. The van der Waals surface area contributed by atoms with Crippen molar-refractivity contribution < 1.29 is 18.7 Å². The summed E-state index contributed by atoms with van der Waals surface area (Å²) < 4.78 is 11.4. The maximum atomic E-state index is 12.3. The van der Waals surface area contributed by atoms with E-state index in [1.165, 1.54) is 6.20 Å². The van der Waals surface area contributed by atoms with E-state index in [9.17, 15) is 14.4 Å². The predicted octanol–water partition coefficient (Wildman–Crippen LogP) is 2.21. The number of aryl methyl sites for hydroxylation is 1. The molecule has 0 aliphatic heterocycles. The van der Waals surface area contributed by atoms with E-state index in [4.69, 9.17) is 9.15 Å². The van der Waals surface area contributed by atoms with E-state index in [2.05, 4.69) is 15.3 Å². The van der Waals surface area contributed by atoms with Crippen molar-refractivity contribution in [2.75, 3.05) is 11.9 Å². The van der Waals surface area contributed by atoms with Gasteiger partial charge in [0.1, 0.15) is 11.4 Å². The average Bonchev–Trinajstić information content (AvgIpc) is 3.12. The van der Waals surface area contributed by atoms with Crippen LogP contribution in [0.4, 0.5) is 5.13 Å². The lowest BCUT2D eigenvalue weighted by molar-refractivity contribution is -0.116. The Kier molecular flexibility index (Phi) is 5.36. The number of aromatic nitrogens is 3. The predicted molar refractivity (Wildman–Crippen MR) is 98.9 cm³/mol. The van der Waals surface area contributed by atoms with Crippen molar-refractivity contribution in [3.63, 3.8) is 0 Å². The number of nitrogens with zero attached hydrogens (tertiary/aromatic N) is 3. The lowest BCUT2D eigenvalue weighted by Crippen LogP contribution is -2.25. The number of carbonyl (C=O) groups is 2. The van der Waals surface area contributed by atoms with Gasteiger partial charge in [-0.3, -0.25) is 4.79 Å². The van der Waals surface area contributed by atoms with E-state index >= 15 is 0 Å². The van der Waals surface area contributed by atoms with Gasteiger partial charge >= 0.3 is 11.7 Å². The van der Waals surface area contributed by atoms with Gasteiger partial charge in [0.2, 0.25) is 5.91 Å². The molecule has 0 unspecified atom stereocenters. The monoisotopic (exact) mass is 390 g/mol. The molecule has 3 rings (SSSR count). The van der Waals surface area contributed by atoms with Crippen LogP contribution in [-0.4, -0.2) is 33.0 Å². The Labute approximate surface area is 158 Å². The average molecular weight is 390 g/mol. The number of rotatable bonds is 6. The van der Waals surface area contributed by atoms with Gasteiger partial charge < -0.3 is 14.5 Å². The standard InChI is InChI=1S/C17H18N4O5S/c1-9(2)8-25-15(23)13-10(3)19-16(27-13)20-12(22)7-21-14-11(26-17(21)24)5-4-6-18-14/h4-6,9H,7-8H2,1-3H3,(H,19,20,22). The van der Waals surface area contributed by atoms with Crippen LogP contribution in [0.1, 0.15) is 29.2 Å². The molecule has 0 bridgehead atoms. The summed E-state index contributed by atoms with van der Waals surface area (Å²) in [5.41, 5.74) is 1.05. The molecule has 142 valence electrons. The highest BCUT2D eigenvalue weighted by Gasteiger charge is 2.19. The van der Waals surface area contributed by atoms with Gasteiger partial charge in [0.05, 0.1) is 12.3 Å². The molecule has 0 saturated carbocycles. The second kappa shape index (κ2) is 7.70. The maximum absolute atomic E-state index is 12.3. The molecule has 3 aromatic heterocycles. The van der Waals surface area contributed by atoms with E-state index in [1.807, 2.05) is 13.8 Å². The third kappa shape index (κ3) is 4.22. The minimum Gasteiger partial charge on any atom is -0.461 e. The minimum atomic E-state index is -0.674. The first-order valence-corrected chi connectivity index (χ1v) is 9.05. The lowest BCUT2D eigenvalue weighted by atomic mass is 10.2. The normalized spacial score (nSPS) is 11.1. The number of oxazole rings is 1. The van der Waals surface area contributed by atoms with Crippen molar-refractivity contribution in [3.05, 3.63) is 39.5 Å². The first-order chi connectivity index (χ1) is 12.8. The number of carbonyl (C=O) groups excluding carboxylic acids is 2. The summed E-state index contributed by atoms with van der Waals surface area (Å²) in [4.78, 5) is 44.8. The van der Waals surface area contributed by atoms with E-state index in [0.717, 1.165) is 15.9 Å². The molecule has 0 saturated heterocycles. The summed E-state index contributed by atoms with van der Waals surface area (Å²) in [6.07, 6.45) is 1.50. The van der Waals surface area contributed by atoms with Crippen LogP contribution in [0.3, 0.4) is 0 Å². The molecule has 0 atom stereocenters. The Bertz CT molecular complexity index is 1050. The third-order valence-electron chi connectivity index (χ3n) is 3.50. The molecule has 0 spiro atoms. The summed E-state index contributed by atoms with van der Waals surface area (Å²) in [6.45, 7) is 5.57. The number of nitrogens with one attached hydrogen (secondary N) is 1. The summed E-state index contributed by atoms with van der Waals surface area (Å²) in [5, 5.41) is 2.84. The van der Waals surface area contributed by atoms with Crippen molar-refractivity contribution in [2.24, 2.45) is 5.92 Å². The van der Waals surface area contributed by atoms with Crippen LogP contribution in [0.15, 0.2) is 27.5 Å². The smallest absolute Gasteiger partial charge is 0.421 e. The fourth-order valence-corrected chi connectivity index (χ4v) is 3.17. The largest absolute Gasteiger partial charge is 0.461 e. The Balaban J connectivity index is 1.71. The Morgan fingerprint density at radius 1 is 1.41 bits per heavy atom. The minimum absolute atomic E-state index is 0.220. The number of fused-ring (bicyclic) bond motifs is 1. The van der Waals surface area contributed by atoms with Crippen molar-refractivity contribution in [1.82, 2.24) is 14.5 Å². The lowest BCUT2D eigenvalue weighted by Gasteiger charge is -2.05. The molecule has 0 aliphatic rings. The van der Waals surface area contributed by atoms with E-state index in [1.54, 1.807) is 19.1 Å². The number of thiazole rings is 1. The van der Waals surface area contributed by atoms with Crippen LogP contribution in [0.2, 0.25) is 0 Å². The molecule has 10 heteroatoms. The van der Waals surface area contributed by atoms with Gasteiger partial charge in [0.15, 0.2) is 16.4 Å². The molecule has 0 radical (unpaired) electrons. The van der Waals surface area contributed by atoms with Crippen molar-refractivity contribution in [3.8, 4) is 0 Å². The van der Waals surface area contributed by atoms with E-state index < -0.39 is 17.6 Å². The zero-order valence-electron chi connectivity index (χ0n) is 15.0. The Morgan fingerprint density at radius 3 is 2.93 bits per heavy atom. The number of esters is 1. The first kappa shape index (κ1) is 18.8. The van der Waals surface area contributed by atoms with Crippen LogP contribution >= 0.6 is 11.3 Å². The summed E-state index contributed by atoms with van der Waals surface area (Å²) in [6, 6.07) is 3.23. The molecule has 1 amide bonds. The number of amides is 1. The van der Waals surface area contributed by atoms with Crippen molar-refractivity contribution in [1.29, 1.82) is 0 Å². The number of hydrogen-bond donors (Lipinski definition) is 1. The number of anilines is 1. The molecule has 27 heavy (non-hydrogen) atoms. The summed E-state index contributed by atoms with van der Waals surface area (Å²) in [5.74, 6) is -1.41. The van der Waals surface area contributed by atoms with E-state index in [0.29, 0.717) is 22.8 Å². The van der Waals surface area contributed by atoms with Crippen molar-refractivity contribution >= 4 is 39.6 Å². The number of pyridine rings is 1. The van der Waals surface area contributed by atoms with Crippen molar-refractivity contribution in [2.45, 2.75) is 27.3 Å². The van der Waals surface area contributed by atoms with Crippen LogP contribution in [0.25, 0.3) is 11.2 Å². The molecule has 0 aromatic carbocycles. The zero-order chi connectivity index (χ0) is 19.6. The quantitative estimate of drug-likeness (QED) is 0.641.